The van der Waals surface area contributed by atoms with Crippen molar-refractivity contribution in [1.82, 2.24) is 10.3 Å². The summed E-state index contributed by atoms with van der Waals surface area (Å²) in [5.74, 6) is 0. The SMILES string of the molecule is O=[N+]([O-])c1ccc(NCc2ccoc2)c2nonc12. The molecule has 2 aromatic heterocycles. The third kappa shape index (κ3) is 1.99. The van der Waals surface area contributed by atoms with Crippen LogP contribution in [-0.2, 0) is 6.54 Å². The maximum Gasteiger partial charge on any atom is 0.300 e. The Morgan fingerprint density at radius 3 is 2.84 bits per heavy atom. The van der Waals surface area contributed by atoms with Crippen LogP contribution in [0.3, 0.4) is 0 Å². The first-order valence-electron chi connectivity index (χ1n) is 5.40. The average molecular weight is 260 g/mol. The van der Waals surface area contributed by atoms with Gasteiger partial charge in [-0.05, 0) is 22.4 Å². The Balaban J connectivity index is 1.94. The Bertz CT molecular complexity index is 719. The van der Waals surface area contributed by atoms with Crippen molar-refractivity contribution in [2.24, 2.45) is 0 Å². The molecule has 0 atom stereocenters. The maximum atomic E-state index is 10.8. The van der Waals surface area contributed by atoms with E-state index in [-0.39, 0.29) is 11.2 Å². The van der Waals surface area contributed by atoms with Gasteiger partial charge >= 0.3 is 5.69 Å². The molecule has 0 spiro atoms. The Hall–Kier alpha value is -2.90. The first-order chi connectivity index (χ1) is 9.25. The number of furan rings is 1. The minimum absolute atomic E-state index is 0.127. The maximum absolute atomic E-state index is 10.8. The predicted molar refractivity (Wildman–Crippen MR) is 64.5 cm³/mol. The van der Waals surface area contributed by atoms with Crippen molar-refractivity contribution in [3.05, 3.63) is 46.4 Å². The van der Waals surface area contributed by atoms with Crippen molar-refractivity contribution >= 4 is 22.4 Å². The molecule has 0 aliphatic carbocycles. The van der Waals surface area contributed by atoms with Crippen molar-refractivity contribution in [3.8, 4) is 0 Å². The lowest BCUT2D eigenvalue weighted by Crippen LogP contribution is -1.99. The van der Waals surface area contributed by atoms with Crippen LogP contribution in [0.2, 0.25) is 0 Å². The van der Waals surface area contributed by atoms with Crippen molar-refractivity contribution in [2.45, 2.75) is 6.54 Å². The highest BCUT2D eigenvalue weighted by Gasteiger charge is 2.19. The summed E-state index contributed by atoms with van der Waals surface area (Å²) in [5, 5.41) is 21.2. The fourth-order valence-electron chi connectivity index (χ4n) is 1.73. The molecule has 8 nitrogen and oxygen atoms in total. The first-order valence-corrected chi connectivity index (χ1v) is 5.40. The Labute approximate surface area is 106 Å². The quantitative estimate of drug-likeness (QED) is 0.566. The zero-order chi connectivity index (χ0) is 13.2. The number of benzene rings is 1. The van der Waals surface area contributed by atoms with Gasteiger partial charge in [0.2, 0.25) is 5.52 Å². The number of fused-ring (bicyclic) bond motifs is 1. The number of nitrogens with zero attached hydrogens (tertiary/aromatic N) is 3. The number of rotatable bonds is 4. The fraction of sp³-hybridized carbons (Fsp3) is 0.0909. The van der Waals surface area contributed by atoms with E-state index >= 15 is 0 Å². The fourth-order valence-corrected chi connectivity index (χ4v) is 1.73. The van der Waals surface area contributed by atoms with Gasteiger partial charge in [-0.25, -0.2) is 4.63 Å². The number of anilines is 1. The second-order valence-electron chi connectivity index (χ2n) is 3.84. The lowest BCUT2D eigenvalue weighted by atomic mass is 10.2. The van der Waals surface area contributed by atoms with E-state index in [0.717, 1.165) is 5.56 Å². The molecule has 0 saturated carbocycles. The number of nitrogens with one attached hydrogen (secondary N) is 1. The van der Waals surface area contributed by atoms with Crippen LogP contribution in [0.1, 0.15) is 5.56 Å². The summed E-state index contributed by atoms with van der Waals surface area (Å²) < 4.78 is 9.52. The van der Waals surface area contributed by atoms with Crippen molar-refractivity contribution in [2.75, 3.05) is 5.32 Å². The smallest absolute Gasteiger partial charge is 0.300 e. The summed E-state index contributed by atoms with van der Waals surface area (Å²) in [5.41, 5.74) is 1.89. The zero-order valence-corrected chi connectivity index (χ0v) is 9.57. The number of hydrogen-bond acceptors (Lipinski definition) is 7. The van der Waals surface area contributed by atoms with Gasteiger partial charge in [-0.2, -0.15) is 0 Å². The molecule has 1 N–H and O–H groups in total. The summed E-state index contributed by atoms with van der Waals surface area (Å²) >= 11 is 0. The molecular formula is C11H8N4O4. The van der Waals surface area contributed by atoms with Crippen LogP contribution < -0.4 is 5.32 Å². The lowest BCUT2D eigenvalue weighted by Gasteiger charge is -2.04. The van der Waals surface area contributed by atoms with E-state index in [9.17, 15) is 10.1 Å². The van der Waals surface area contributed by atoms with Gasteiger partial charge in [0.05, 0.1) is 23.1 Å². The van der Waals surface area contributed by atoms with Crippen molar-refractivity contribution < 1.29 is 14.0 Å². The van der Waals surface area contributed by atoms with E-state index in [1.165, 1.54) is 6.07 Å². The van der Waals surface area contributed by atoms with E-state index in [2.05, 4.69) is 20.3 Å². The molecule has 19 heavy (non-hydrogen) atoms. The van der Waals surface area contributed by atoms with Crippen LogP contribution >= 0.6 is 0 Å². The molecule has 8 heteroatoms. The molecule has 2 heterocycles. The van der Waals surface area contributed by atoms with E-state index in [4.69, 9.17) is 4.42 Å². The molecule has 0 aliphatic heterocycles. The Kier molecular flexibility index (Phi) is 2.60. The van der Waals surface area contributed by atoms with Gasteiger partial charge in [0.25, 0.3) is 0 Å². The molecular weight excluding hydrogens is 252 g/mol. The molecule has 0 amide bonds. The molecule has 0 aliphatic rings. The minimum atomic E-state index is -0.521. The highest BCUT2D eigenvalue weighted by Crippen LogP contribution is 2.28. The molecule has 0 radical (unpaired) electrons. The van der Waals surface area contributed by atoms with Crippen molar-refractivity contribution in [1.29, 1.82) is 0 Å². The second-order valence-corrected chi connectivity index (χ2v) is 3.84. The topological polar surface area (TPSA) is 107 Å². The molecule has 0 fully saturated rings. The highest BCUT2D eigenvalue weighted by atomic mass is 16.6. The summed E-state index contributed by atoms with van der Waals surface area (Å²) in [4.78, 5) is 10.3. The molecule has 0 saturated heterocycles. The number of nitro groups is 1. The molecule has 3 aromatic rings. The van der Waals surface area contributed by atoms with Gasteiger partial charge in [0.15, 0.2) is 5.52 Å². The van der Waals surface area contributed by atoms with E-state index in [1.807, 2.05) is 6.07 Å². The minimum Gasteiger partial charge on any atom is -0.472 e. The second kappa shape index (κ2) is 4.41. The molecule has 3 rings (SSSR count). The number of non-ortho nitro benzene ring substituents is 1. The third-order valence-corrected chi connectivity index (χ3v) is 2.65. The van der Waals surface area contributed by atoms with Crippen LogP contribution in [-0.4, -0.2) is 15.2 Å². The Morgan fingerprint density at radius 1 is 1.26 bits per heavy atom. The normalized spacial score (nSPS) is 10.7. The van der Waals surface area contributed by atoms with Crippen molar-refractivity contribution in [3.63, 3.8) is 0 Å². The van der Waals surface area contributed by atoms with Crippen LogP contribution in [0.4, 0.5) is 11.4 Å². The largest absolute Gasteiger partial charge is 0.472 e. The average Bonchev–Trinajstić information content (AvgIpc) is 3.06. The standard InChI is InChI=1S/C11H8N4O4/c16-15(17)9-2-1-8(10-11(9)14-19-13-10)12-5-7-3-4-18-6-7/h1-4,6,12H,5H2. The summed E-state index contributed by atoms with van der Waals surface area (Å²) in [7, 11) is 0. The zero-order valence-electron chi connectivity index (χ0n) is 9.57. The molecule has 1 aromatic carbocycles. The van der Waals surface area contributed by atoms with Gasteiger partial charge in [-0.1, -0.05) is 0 Å². The van der Waals surface area contributed by atoms with E-state index in [0.29, 0.717) is 17.7 Å². The van der Waals surface area contributed by atoms with Crippen LogP contribution in [0.5, 0.6) is 0 Å². The number of aromatic nitrogens is 2. The highest BCUT2D eigenvalue weighted by molar-refractivity contribution is 5.93. The van der Waals surface area contributed by atoms with Crippen LogP contribution in [0.25, 0.3) is 11.0 Å². The molecule has 0 bridgehead atoms. The number of nitro benzene ring substituents is 1. The van der Waals surface area contributed by atoms with Gasteiger partial charge < -0.3 is 9.73 Å². The monoisotopic (exact) mass is 260 g/mol. The van der Waals surface area contributed by atoms with Gasteiger partial charge in [-0.3, -0.25) is 10.1 Å². The molecule has 0 unspecified atom stereocenters. The Morgan fingerprint density at radius 2 is 2.11 bits per heavy atom. The van der Waals surface area contributed by atoms with E-state index < -0.39 is 4.92 Å². The van der Waals surface area contributed by atoms with Gasteiger partial charge in [0, 0.05) is 18.2 Å². The van der Waals surface area contributed by atoms with Gasteiger partial charge in [0.1, 0.15) is 0 Å². The predicted octanol–water partition coefficient (Wildman–Crippen LogP) is 2.34. The third-order valence-electron chi connectivity index (χ3n) is 2.65. The van der Waals surface area contributed by atoms with Crippen LogP contribution in [0.15, 0.2) is 39.8 Å². The first kappa shape index (κ1) is 11.2. The number of hydrogen-bond donors (Lipinski definition) is 1. The summed E-state index contributed by atoms with van der Waals surface area (Å²) in [6.45, 7) is 0.510. The summed E-state index contributed by atoms with van der Waals surface area (Å²) in [6, 6.07) is 4.76. The summed E-state index contributed by atoms with van der Waals surface area (Å²) in [6.07, 6.45) is 3.18. The van der Waals surface area contributed by atoms with E-state index in [1.54, 1.807) is 18.6 Å². The van der Waals surface area contributed by atoms with Gasteiger partial charge in [-0.15, -0.1) is 0 Å². The molecule has 96 valence electrons. The van der Waals surface area contributed by atoms with Crippen LogP contribution in [0, 0.1) is 10.1 Å². The lowest BCUT2D eigenvalue weighted by molar-refractivity contribution is -0.383.